The van der Waals surface area contributed by atoms with Crippen molar-refractivity contribution in [2.24, 2.45) is 11.7 Å². The predicted octanol–water partition coefficient (Wildman–Crippen LogP) is 2.23. The topological polar surface area (TPSA) is 43.3 Å². The lowest BCUT2D eigenvalue weighted by atomic mass is 10.1. The minimum atomic E-state index is 0.485. The van der Waals surface area contributed by atoms with Crippen LogP contribution >= 0.6 is 15.9 Å². The number of nitrogens with two attached hydrogens (primary N) is 1. The lowest BCUT2D eigenvalue weighted by molar-refractivity contribution is 0.586. The van der Waals surface area contributed by atoms with Crippen molar-refractivity contribution in [3.05, 3.63) is 34.7 Å². The Morgan fingerprint density at radius 2 is 2.40 bits per heavy atom. The minimum absolute atomic E-state index is 0.485. The third kappa shape index (κ3) is 2.38. The van der Waals surface area contributed by atoms with Gasteiger partial charge in [0.15, 0.2) is 0 Å². The number of hydrogen-bond acceptors (Lipinski definition) is 2. The number of rotatable bonds is 3. The highest BCUT2D eigenvalue weighted by molar-refractivity contribution is 9.10. The molecule has 2 aromatic heterocycles. The van der Waals surface area contributed by atoms with E-state index in [1.807, 2.05) is 22.7 Å². The molecular weight excluding hydrogens is 254 g/mol. The summed E-state index contributed by atoms with van der Waals surface area (Å²) < 4.78 is 3.09. The van der Waals surface area contributed by atoms with Gasteiger partial charge in [-0.05, 0) is 31.0 Å². The number of imidazole rings is 1. The SMILES string of the molecule is CC(CN)Cc1cn2ccc(Br)cc2n1. The van der Waals surface area contributed by atoms with Crippen LogP contribution in [0.1, 0.15) is 12.6 Å². The van der Waals surface area contributed by atoms with Crippen LogP contribution in [-0.4, -0.2) is 15.9 Å². The highest BCUT2D eigenvalue weighted by Gasteiger charge is 2.05. The molecule has 3 nitrogen and oxygen atoms in total. The van der Waals surface area contributed by atoms with Crippen molar-refractivity contribution in [2.45, 2.75) is 13.3 Å². The fraction of sp³-hybridized carbons (Fsp3) is 0.364. The number of aromatic nitrogens is 2. The van der Waals surface area contributed by atoms with Gasteiger partial charge in [0.1, 0.15) is 5.65 Å². The van der Waals surface area contributed by atoms with Gasteiger partial charge < -0.3 is 10.1 Å². The monoisotopic (exact) mass is 267 g/mol. The second kappa shape index (κ2) is 4.33. The molecule has 0 amide bonds. The van der Waals surface area contributed by atoms with E-state index in [0.29, 0.717) is 12.5 Å². The standard InChI is InChI=1S/C11H14BrN3/c1-8(6-13)4-10-7-15-3-2-9(12)5-11(15)14-10/h2-3,5,7-8H,4,6,13H2,1H3. The van der Waals surface area contributed by atoms with Crippen molar-refractivity contribution in [3.63, 3.8) is 0 Å². The molecule has 0 bridgehead atoms. The molecule has 2 rings (SSSR count). The van der Waals surface area contributed by atoms with Gasteiger partial charge in [-0.25, -0.2) is 4.98 Å². The van der Waals surface area contributed by atoms with Crippen LogP contribution in [-0.2, 0) is 6.42 Å². The molecule has 80 valence electrons. The van der Waals surface area contributed by atoms with Crippen LogP contribution in [0.25, 0.3) is 5.65 Å². The average Bonchev–Trinajstić information content (AvgIpc) is 2.59. The molecule has 15 heavy (non-hydrogen) atoms. The van der Waals surface area contributed by atoms with Crippen LogP contribution in [0, 0.1) is 5.92 Å². The number of hydrogen-bond donors (Lipinski definition) is 1. The Bertz CT molecular complexity index is 464. The molecule has 0 aliphatic rings. The molecule has 0 aliphatic heterocycles. The van der Waals surface area contributed by atoms with Gasteiger partial charge in [-0.1, -0.05) is 22.9 Å². The highest BCUT2D eigenvalue weighted by Crippen LogP contribution is 2.14. The first-order valence-corrected chi connectivity index (χ1v) is 5.81. The molecule has 0 aliphatic carbocycles. The minimum Gasteiger partial charge on any atom is -0.330 e. The Morgan fingerprint density at radius 3 is 3.13 bits per heavy atom. The Labute approximate surface area is 97.4 Å². The third-order valence-electron chi connectivity index (χ3n) is 2.43. The van der Waals surface area contributed by atoms with E-state index in [1.165, 1.54) is 0 Å². The summed E-state index contributed by atoms with van der Waals surface area (Å²) in [6.45, 7) is 2.84. The van der Waals surface area contributed by atoms with Crippen LogP contribution < -0.4 is 5.73 Å². The molecule has 0 fully saturated rings. The van der Waals surface area contributed by atoms with Crippen LogP contribution in [0.4, 0.5) is 0 Å². The zero-order valence-corrected chi connectivity index (χ0v) is 10.2. The van der Waals surface area contributed by atoms with E-state index in [-0.39, 0.29) is 0 Å². The van der Waals surface area contributed by atoms with Gasteiger partial charge in [0.2, 0.25) is 0 Å². The molecule has 0 spiro atoms. The maximum absolute atomic E-state index is 5.60. The fourth-order valence-electron chi connectivity index (χ4n) is 1.55. The lowest BCUT2D eigenvalue weighted by Crippen LogP contribution is -2.13. The molecule has 1 unspecified atom stereocenters. The van der Waals surface area contributed by atoms with Crippen LogP contribution in [0.2, 0.25) is 0 Å². The fourth-order valence-corrected chi connectivity index (χ4v) is 1.87. The van der Waals surface area contributed by atoms with Gasteiger partial charge in [0, 0.05) is 16.9 Å². The van der Waals surface area contributed by atoms with Crippen molar-refractivity contribution in [1.82, 2.24) is 9.38 Å². The summed E-state index contributed by atoms with van der Waals surface area (Å²) in [5.74, 6) is 0.485. The van der Waals surface area contributed by atoms with Crippen molar-refractivity contribution < 1.29 is 0 Å². The summed E-state index contributed by atoms with van der Waals surface area (Å²) in [6, 6.07) is 4.02. The molecule has 0 aromatic carbocycles. The van der Waals surface area contributed by atoms with E-state index in [0.717, 1.165) is 22.2 Å². The summed E-state index contributed by atoms with van der Waals surface area (Å²) in [6.07, 6.45) is 5.01. The highest BCUT2D eigenvalue weighted by atomic mass is 79.9. The van der Waals surface area contributed by atoms with E-state index in [9.17, 15) is 0 Å². The summed E-state index contributed by atoms with van der Waals surface area (Å²) in [5.41, 5.74) is 7.67. The Hall–Kier alpha value is -0.870. The molecule has 2 aromatic rings. The number of fused-ring (bicyclic) bond motifs is 1. The molecule has 1 atom stereocenters. The molecule has 2 N–H and O–H groups in total. The van der Waals surface area contributed by atoms with Gasteiger partial charge in [-0.2, -0.15) is 0 Å². The van der Waals surface area contributed by atoms with Gasteiger partial charge in [0.25, 0.3) is 0 Å². The number of pyridine rings is 1. The maximum Gasteiger partial charge on any atom is 0.138 e. The molecule has 4 heteroatoms. The van der Waals surface area contributed by atoms with E-state index in [2.05, 4.69) is 34.0 Å². The first-order valence-electron chi connectivity index (χ1n) is 5.02. The van der Waals surface area contributed by atoms with Crippen LogP contribution in [0.3, 0.4) is 0 Å². The molecule has 0 radical (unpaired) electrons. The normalized spacial score (nSPS) is 13.3. The van der Waals surface area contributed by atoms with Gasteiger partial charge in [-0.3, -0.25) is 0 Å². The van der Waals surface area contributed by atoms with Crippen LogP contribution in [0.5, 0.6) is 0 Å². The van der Waals surface area contributed by atoms with Gasteiger partial charge in [-0.15, -0.1) is 0 Å². The second-order valence-corrected chi connectivity index (χ2v) is 4.80. The van der Waals surface area contributed by atoms with E-state index in [1.54, 1.807) is 0 Å². The summed E-state index contributed by atoms with van der Waals surface area (Å²) in [5, 5.41) is 0. The summed E-state index contributed by atoms with van der Waals surface area (Å²) >= 11 is 3.43. The number of halogens is 1. The Morgan fingerprint density at radius 1 is 1.60 bits per heavy atom. The van der Waals surface area contributed by atoms with Crippen LogP contribution in [0.15, 0.2) is 29.0 Å². The van der Waals surface area contributed by atoms with Crippen molar-refractivity contribution >= 4 is 21.6 Å². The van der Waals surface area contributed by atoms with Gasteiger partial charge >= 0.3 is 0 Å². The molecule has 2 heterocycles. The Balaban J connectivity index is 2.30. The first-order chi connectivity index (χ1) is 7.19. The smallest absolute Gasteiger partial charge is 0.138 e. The second-order valence-electron chi connectivity index (χ2n) is 3.89. The molecule has 0 saturated heterocycles. The van der Waals surface area contributed by atoms with E-state index in [4.69, 9.17) is 5.73 Å². The largest absolute Gasteiger partial charge is 0.330 e. The lowest BCUT2D eigenvalue weighted by Gasteiger charge is -2.03. The summed E-state index contributed by atoms with van der Waals surface area (Å²) in [4.78, 5) is 4.54. The zero-order valence-electron chi connectivity index (χ0n) is 8.65. The first kappa shape index (κ1) is 10.6. The average molecular weight is 268 g/mol. The quantitative estimate of drug-likeness (QED) is 0.927. The maximum atomic E-state index is 5.60. The number of nitrogens with zero attached hydrogens (tertiary/aromatic N) is 2. The molecular formula is C11H14BrN3. The van der Waals surface area contributed by atoms with E-state index >= 15 is 0 Å². The van der Waals surface area contributed by atoms with Crippen molar-refractivity contribution in [1.29, 1.82) is 0 Å². The van der Waals surface area contributed by atoms with Crippen molar-refractivity contribution in [2.75, 3.05) is 6.54 Å². The Kier molecular flexibility index (Phi) is 3.07. The van der Waals surface area contributed by atoms with E-state index < -0.39 is 0 Å². The van der Waals surface area contributed by atoms with Crippen molar-refractivity contribution in [3.8, 4) is 0 Å². The van der Waals surface area contributed by atoms with Gasteiger partial charge in [0.05, 0.1) is 5.69 Å². The third-order valence-corrected chi connectivity index (χ3v) is 2.93. The summed E-state index contributed by atoms with van der Waals surface area (Å²) in [7, 11) is 0. The zero-order chi connectivity index (χ0) is 10.8. The predicted molar refractivity (Wildman–Crippen MR) is 64.8 cm³/mol. The molecule has 0 saturated carbocycles.